The minimum atomic E-state index is -0.745. The van der Waals surface area contributed by atoms with Gasteiger partial charge in [-0.05, 0) is 71.3 Å². The quantitative estimate of drug-likeness (QED) is 0.354. The van der Waals surface area contributed by atoms with E-state index in [0.29, 0.717) is 38.2 Å². The van der Waals surface area contributed by atoms with E-state index in [9.17, 15) is 14.0 Å². The van der Waals surface area contributed by atoms with Crippen LogP contribution in [0.15, 0.2) is 91.0 Å². The monoisotopic (exact) mass is 564 g/mol. The molecule has 6 rings (SSSR count). The smallest absolute Gasteiger partial charge is 0.244 e. The zero-order valence-corrected chi connectivity index (χ0v) is 24.1. The Balaban J connectivity index is 0.000000169. The van der Waals surface area contributed by atoms with Crippen LogP contribution in [0.4, 0.5) is 4.39 Å². The molecule has 2 aliphatic rings. The van der Waals surface area contributed by atoms with E-state index < -0.39 is 12.1 Å². The van der Waals surface area contributed by atoms with Crippen molar-refractivity contribution < 1.29 is 14.0 Å². The molecule has 6 nitrogen and oxygen atoms in total. The van der Waals surface area contributed by atoms with E-state index >= 15 is 0 Å². The van der Waals surface area contributed by atoms with Crippen LogP contribution in [0, 0.1) is 19.7 Å². The molecular formula is C35H37FN4O2. The van der Waals surface area contributed by atoms with E-state index in [-0.39, 0.29) is 17.6 Å². The summed E-state index contributed by atoms with van der Waals surface area (Å²) in [5.41, 5.74) is 21.2. The van der Waals surface area contributed by atoms with E-state index in [1.807, 2.05) is 41.3 Å². The molecule has 0 spiro atoms. The summed E-state index contributed by atoms with van der Waals surface area (Å²) < 4.78 is 12.9. The Kier molecular flexibility index (Phi) is 8.80. The second kappa shape index (κ2) is 12.7. The number of halogens is 1. The first-order valence-electron chi connectivity index (χ1n) is 14.2. The average Bonchev–Trinajstić information content (AvgIpc) is 3.63. The number of rotatable bonds is 5. The van der Waals surface area contributed by atoms with E-state index in [1.54, 1.807) is 17.0 Å². The van der Waals surface area contributed by atoms with Crippen molar-refractivity contribution in [2.24, 2.45) is 11.5 Å². The summed E-state index contributed by atoms with van der Waals surface area (Å²) >= 11 is 0. The van der Waals surface area contributed by atoms with Gasteiger partial charge in [0.2, 0.25) is 11.8 Å². The highest BCUT2D eigenvalue weighted by Gasteiger charge is 2.28. The fourth-order valence-corrected chi connectivity index (χ4v) is 5.62. The summed E-state index contributed by atoms with van der Waals surface area (Å²) in [6.45, 7) is 6.67. The van der Waals surface area contributed by atoms with Gasteiger partial charge < -0.3 is 21.3 Å². The first-order valence-corrected chi connectivity index (χ1v) is 14.2. The first kappa shape index (κ1) is 29.2. The molecule has 0 fully saturated rings. The Labute approximate surface area is 246 Å². The second-order valence-electron chi connectivity index (χ2n) is 11.2. The Morgan fingerprint density at radius 3 is 1.67 bits per heavy atom. The Hall–Kier alpha value is -4.33. The topological polar surface area (TPSA) is 92.7 Å². The standard InChI is InChI=1S/C19H22N2O.C16H15FN2O/c1-13-7-8-15(14(2)9-13)10-18(20)19(22)21-11-16-5-3-4-6-17(16)12-21;17-14-7-5-11(6-8-14)15(18)16(20)19-9-12-3-1-2-4-13(12)10-19/h3-9,18H,10-12,20H2,1-2H3;1-8,15H,9-10,18H2. The average molecular weight is 565 g/mol. The van der Waals surface area contributed by atoms with Crippen LogP contribution < -0.4 is 11.5 Å². The van der Waals surface area contributed by atoms with Crippen molar-refractivity contribution >= 4 is 11.8 Å². The minimum Gasteiger partial charge on any atom is -0.333 e. The van der Waals surface area contributed by atoms with Crippen molar-refractivity contribution in [3.05, 3.63) is 141 Å². The van der Waals surface area contributed by atoms with E-state index in [4.69, 9.17) is 11.5 Å². The molecular weight excluding hydrogens is 527 g/mol. The van der Waals surface area contributed by atoms with Gasteiger partial charge in [-0.25, -0.2) is 4.39 Å². The molecule has 4 aromatic rings. The maximum absolute atomic E-state index is 12.9. The molecule has 2 atom stereocenters. The van der Waals surface area contributed by atoms with Crippen LogP contribution in [0.5, 0.6) is 0 Å². The highest BCUT2D eigenvalue weighted by Crippen LogP contribution is 2.26. The number of hydrogen-bond donors (Lipinski definition) is 2. The number of carbonyl (C=O) groups excluding carboxylic acids is 2. The van der Waals surface area contributed by atoms with Crippen molar-refractivity contribution in [2.75, 3.05) is 0 Å². The van der Waals surface area contributed by atoms with Gasteiger partial charge in [-0.2, -0.15) is 0 Å². The van der Waals surface area contributed by atoms with Crippen molar-refractivity contribution in [1.29, 1.82) is 0 Å². The summed E-state index contributed by atoms with van der Waals surface area (Å²) in [6.07, 6.45) is 0.595. The fourth-order valence-electron chi connectivity index (χ4n) is 5.62. The van der Waals surface area contributed by atoms with Crippen LogP contribution in [0.2, 0.25) is 0 Å². The summed E-state index contributed by atoms with van der Waals surface area (Å²) in [6, 6.07) is 27.0. The summed E-state index contributed by atoms with van der Waals surface area (Å²) in [5, 5.41) is 0. The summed E-state index contributed by atoms with van der Waals surface area (Å²) in [7, 11) is 0. The van der Waals surface area contributed by atoms with Gasteiger partial charge in [0.05, 0.1) is 6.04 Å². The van der Waals surface area contributed by atoms with E-state index in [2.05, 4.69) is 44.2 Å². The molecule has 2 amide bonds. The van der Waals surface area contributed by atoms with Gasteiger partial charge in [0.15, 0.2) is 0 Å². The molecule has 0 bridgehead atoms. The normalized spacial score (nSPS) is 14.9. The van der Waals surface area contributed by atoms with Gasteiger partial charge in [0, 0.05) is 26.2 Å². The third kappa shape index (κ3) is 6.59. The van der Waals surface area contributed by atoms with Gasteiger partial charge in [-0.3, -0.25) is 9.59 Å². The van der Waals surface area contributed by atoms with Crippen LogP contribution in [-0.4, -0.2) is 27.7 Å². The maximum Gasteiger partial charge on any atom is 0.244 e. The molecule has 4 aromatic carbocycles. The number of benzene rings is 4. The number of nitrogens with two attached hydrogens (primary N) is 2. The number of hydrogen-bond acceptors (Lipinski definition) is 4. The number of amides is 2. The van der Waals surface area contributed by atoms with Gasteiger partial charge in [-0.15, -0.1) is 0 Å². The van der Waals surface area contributed by atoms with Gasteiger partial charge in [0.1, 0.15) is 11.9 Å². The molecule has 0 aromatic heterocycles. The van der Waals surface area contributed by atoms with Gasteiger partial charge in [0.25, 0.3) is 0 Å². The van der Waals surface area contributed by atoms with E-state index in [0.717, 1.165) is 16.7 Å². The summed E-state index contributed by atoms with van der Waals surface area (Å²) in [5.74, 6) is -0.425. The zero-order valence-electron chi connectivity index (χ0n) is 24.1. The highest BCUT2D eigenvalue weighted by molar-refractivity contribution is 5.84. The molecule has 0 saturated carbocycles. The van der Waals surface area contributed by atoms with Crippen molar-refractivity contribution in [2.45, 2.75) is 58.5 Å². The minimum absolute atomic E-state index is 0.0381. The molecule has 0 saturated heterocycles. The first-order chi connectivity index (χ1) is 20.2. The van der Waals surface area contributed by atoms with Gasteiger partial charge in [-0.1, -0.05) is 84.4 Å². The molecule has 2 unspecified atom stereocenters. The largest absolute Gasteiger partial charge is 0.333 e. The second-order valence-corrected chi connectivity index (χ2v) is 11.2. The van der Waals surface area contributed by atoms with Crippen LogP contribution in [0.25, 0.3) is 0 Å². The fraction of sp³-hybridized carbons (Fsp3) is 0.257. The Morgan fingerprint density at radius 2 is 1.19 bits per heavy atom. The molecule has 2 aliphatic heterocycles. The third-order valence-corrected chi connectivity index (χ3v) is 8.06. The van der Waals surface area contributed by atoms with Gasteiger partial charge >= 0.3 is 0 Å². The highest BCUT2D eigenvalue weighted by atomic mass is 19.1. The van der Waals surface area contributed by atoms with Crippen LogP contribution in [-0.2, 0) is 42.2 Å². The van der Waals surface area contributed by atoms with Crippen molar-refractivity contribution in [3.63, 3.8) is 0 Å². The lowest BCUT2D eigenvalue weighted by Crippen LogP contribution is -2.42. The lowest BCUT2D eigenvalue weighted by Gasteiger charge is -2.21. The predicted octanol–water partition coefficient (Wildman–Crippen LogP) is 5.08. The lowest BCUT2D eigenvalue weighted by atomic mass is 9.99. The SMILES string of the molecule is Cc1ccc(CC(N)C(=O)N2Cc3ccccc3C2)c(C)c1.NC(C(=O)N1Cc2ccccc2C1)c1ccc(F)cc1. The van der Waals surface area contributed by atoms with Crippen molar-refractivity contribution in [1.82, 2.24) is 9.80 Å². The van der Waals surface area contributed by atoms with Crippen molar-refractivity contribution in [3.8, 4) is 0 Å². The third-order valence-electron chi connectivity index (χ3n) is 8.06. The van der Waals surface area contributed by atoms with E-state index in [1.165, 1.54) is 34.4 Å². The number of aryl methyl sites for hydroxylation is 2. The molecule has 7 heteroatoms. The summed E-state index contributed by atoms with van der Waals surface area (Å²) in [4.78, 5) is 28.6. The van der Waals surface area contributed by atoms with Crippen LogP contribution >= 0.6 is 0 Å². The molecule has 0 aliphatic carbocycles. The Morgan fingerprint density at radius 1 is 0.714 bits per heavy atom. The number of nitrogens with zero attached hydrogens (tertiary/aromatic N) is 2. The number of carbonyl (C=O) groups is 2. The van der Waals surface area contributed by atoms with Crippen LogP contribution in [0.1, 0.15) is 50.5 Å². The lowest BCUT2D eigenvalue weighted by molar-refractivity contribution is -0.134. The Bertz CT molecular complexity index is 1540. The molecule has 42 heavy (non-hydrogen) atoms. The maximum atomic E-state index is 12.9. The van der Waals surface area contributed by atoms with Crippen LogP contribution in [0.3, 0.4) is 0 Å². The predicted molar refractivity (Wildman–Crippen MR) is 162 cm³/mol. The molecule has 4 N–H and O–H groups in total. The zero-order chi connectivity index (χ0) is 29.8. The molecule has 0 radical (unpaired) electrons. The number of fused-ring (bicyclic) bond motifs is 2. The molecule has 216 valence electrons. The molecule has 2 heterocycles.